The van der Waals surface area contributed by atoms with Crippen LogP contribution in [-0.4, -0.2) is 28.5 Å². The van der Waals surface area contributed by atoms with E-state index in [9.17, 15) is 9.59 Å². The van der Waals surface area contributed by atoms with Crippen LogP contribution in [0.15, 0.2) is 29.8 Å². The zero-order valence-corrected chi connectivity index (χ0v) is 17.8. The molecule has 2 heterocycles. The van der Waals surface area contributed by atoms with E-state index in [4.69, 9.17) is 8.37 Å². The Hall–Kier alpha value is -1.40. The normalized spacial score (nSPS) is 35.0. The van der Waals surface area contributed by atoms with Gasteiger partial charge in [0.2, 0.25) is 0 Å². The van der Waals surface area contributed by atoms with Crippen LogP contribution in [0.3, 0.4) is 0 Å². The van der Waals surface area contributed by atoms with Gasteiger partial charge in [-0.15, -0.1) is 11.8 Å². The van der Waals surface area contributed by atoms with Crippen LogP contribution >= 0.6 is 22.4 Å². The van der Waals surface area contributed by atoms with Crippen molar-refractivity contribution in [1.82, 2.24) is 0 Å². The first kappa shape index (κ1) is 18.9. The first-order chi connectivity index (χ1) is 12.8. The third-order valence-electron chi connectivity index (χ3n) is 5.87. The molecule has 0 amide bonds. The van der Waals surface area contributed by atoms with Gasteiger partial charge in [-0.3, -0.25) is 0 Å². The highest BCUT2D eigenvalue weighted by Gasteiger charge is 2.63. The van der Waals surface area contributed by atoms with Gasteiger partial charge in [0.05, 0.1) is 5.75 Å². The van der Waals surface area contributed by atoms with Crippen LogP contribution in [0.2, 0.25) is 0 Å². The molecule has 1 unspecified atom stereocenters. The number of carbonyl (C=O) groups excluding carboxylic acids is 2. The van der Waals surface area contributed by atoms with E-state index in [1.165, 1.54) is 5.56 Å². The molecule has 0 aromatic heterocycles. The van der Waals surface area contributed by atoms with Crippen molar-refractivity contribution in [1.29, 1.82) is 0 Å². The van der Waals surface area contributed by atoms with Crippen LogP contribution in [-0.2, 0) is 18.0 Å². The topological polar surface area (TPSA) is 52.6 Å². The van der Waals surface area contributed by atoms with Crippen LogP contribution in [0.4, 0.5) is 0 Å². The summed E-state index contributed by atoms with van der Waals surface area (Å²) in [5, 5.41) is 0.603. The third kappa shape index (κ3) is 2.67. The Labute approximate surface area is 166 Å². The van der Waals surface area contributed by atoms with Gasteiger partial charge in [0.15, 0.2) is 5.41 Å². The van der Waals surface area contributed by atoms with E-state index in [-0.39, 0.29) is 17.8 Å². The summed E-state index contributed by atoms with van der Waals surface area (Å²) in [6.45, 7) is 8.10. The SMILES string of the molecule is CC(C)C1C(C2(C(C)C)C(=O)OS3(CCSC3)OC2=O)=Cc2ccccc21. The van der Waals surface area contributed by atoms with E-state index in [1.54, 1.807) is 11.8 Å². The molecule has 4 rings (SSSR count). The van der Waals surface area contributed by atoms with Crippen molar-refractivity contribution in [2.75, 3.05) is 16.6 Å². The fourth-order valence-corrected chi connectivity index (χ4v) is 9.38. The second-order valence-corrected chi connectivity index (χ2v) is 12.1. The highest BCUT2D eigenvalue weighted by atomic mass is 32.3. The van der Waals surface area contributed by atoms with Crippen molar-refractivity contribution in [3.05, 3.63) is 41.0 Å². The molecule has 0 saturated carbocycles. The molecule has 1 atom stereocenters. The summed E-state index contributed by atoms with van der Waals surface area (Å²) >= 11 is 1.69. The summed E-state index contributed by atoms with van der Waals surface area (Å²) in [7, 11) is -2.06. The summed E-state index contributed by atoms with van der Waals surface area (Å²) in [6, 6.07) is 8.15. The smallest absolute Gasteiger partial charge is 0.342 e. The molecule has 1 aliphatic carbocycles. The second kappa shape index (κ2) is 6.59. The lowest BCUT2D eigenvalue weighted by atomic mass is 9.65. The molecule has 4 nitrogen and oxygen atoms in total. The fraction of sp³-hybridized carbons (Fsp3) is 0.524. The highest BCUT2D eigenvalue weighted by Crippen LogP contribution is 2.65. The molecule has 146 valence electrons. The minimum atomic E-state index is -2.06. The third-order valence-corrected chi connectivity index (χ3v) is 10.5. The van der Waals surface area contributed by atoms with E-state index in [0.717, 1.165) is 16.9 Å². The van der Waals surface area contributed by atoms with E-state index < -0.39 is 27.9 Å². The number of hydrogen-bond acceptors (Lipinski definition) is 5. The quantitative estimate of drug-likeness (QED) is 0.668. The van der Waals surface area contributed by atoms with Crippen LogP contribution in [0, 0.1) is 17.3 Å². The molecule has 0 bridgehead atoms. The van der Waals surface area contributed by atoms with Crippen LogP contribution < -0.4 is 0 Å². The molecule has 0 radical (unpaired) electrons. The summed E-state index contributed by atoms with van der Waals surface area (Å²) in [5.41, 5.74) is 1.73. The lowest BCUT2D eigenvalue weighted by molar-refractivity contribution is -0.166. The molecule has 1 spiro atoms. The van der Waals surface area contributed by atoms with Crippen molar-refractivity contribution in [3.8, 4) is 0 Å². The number of thioether (sulfide) groups is 1. The standard InChI is InChI=1S/C21H26O4S2/c1-13(2)18-16-8-6-5-7-15(16)11-17(18)21(14(3)4)19(22)24-27(25-20(21)23)10-9-26-12-27/h5-8,11,13-14,18H,9-10,12H2,1-4H3. The lowest BCUT2D eigenvalue weighted by Gasteiger charge is -2.49. The largest absolute Gasteiger partial charge is 0.350 e. The molecule has 27 heavy (non-hydrogen) atoms. The molecule has 6 heteroatoms. The first-order valence-electron chi connectivity index (χ1n) is 9.47. The number of fused-ring (bicyclic) bond motifs is 1. The molecule has 2 fully saturated rings. The average Bonchev–Trinajstić information content (AvgIpc) is 3.19. The van der Waals surface area contributed by atoms with Crippen molar-refractivity contribution in [3.63, 3.8) is 0 Å². The fourth-order valence-electron chi connectivity index (χ4n) is 4.54. The molecule has 0 N–H and O–H groups in total. The first-order valence-corrected chi connectivity index (χ1v) is 12.4. The Morgan fingerprint density at radius 2 is 1.78 bits per heavy atom. The van der Waals surface area contributed by atoms with E-state index in [1.807, 2.05) is 38.1 Å². The maximum Gasteiger partial charge on any atom is 0.350 e. The predicted octanol–water partition coefficient (Wildman–Crippen LogP) is 4.90. The number of carbonyl (C=O) groups is 2. The minimum absolute atomic E-state index is 0.00528. The van der Waals surface area contributed by atoms with Crippen molar-refractivity contribution in [2.45, 2.75) is 33.6 Å². The Bertz CT molecular complexity index is 801. The van der Waals surface area contributed by atoms with Gasteiger partial charge in [0.1, 0.15) is 5.08 Å². The van der Waals surface area contributed by atoms with Gasteiger partial charge >= 0.3 is 11.9 Å². The van der Waals surface area contributed by atoms with Gasteiger partial charge in [0.25, 0.3) is 0 Å². The zero-order chi connectivity index (χ0) is 19.4. The Kier molecular flexibility index (Phi) is 4.62. The molecule has 1 aromatic carbocycles. The van der Waals surface area contributed by atoms with Crippen molar-refractivity contribution in [2.24, 2.45) is 17.3 Å². The molecular weight excluding hydrogens is 380 g/mol. The van der Waals surface area contributed by atoms with E-state index >= 15 is 0 Å². The Balaban J connectivity index is 1.84. The summed E-state index contributed by atoms with van der Waals surface area (Å²) in [5.74, 6) is 0.716. The monoisotopic (exact) mass is 406 g/mol. The molecule has 2 aliphatic heterocycles. The van der Waals surface area contributed by atoms with E-state index in [2.05, 4.69) is 19.9 Å². The van der Waals surface area contributed by atoms with Crippen LogP contribution in [0.1, 0.15) is 44.7 Å². The summed E-state index contributed by atoms with van der Waals surface area (Å²) in [4.78, 5) is 27.0. The minimum Gasteiger partial charge on any atom is -0.342 e. The van der Waals surface area contributed by atoms with Gasteiger partial charge in [-0.1, -0.05) is 68.6 Å². The van der Waals surface area contributed by atoms with Gasteiger partial charge in [-0.25, -0.2) is 9.59 Å². The Morgan fingerprint density at radius 3 is 2.33 bits per heavy atom. The Morgan fingerprint density at radius 1 is 1.11 bits per heavy atom. The predicted molar refractivity (Wildman–Crippen MR) is 111 cm³/mol. The van der Waals surface area contributed by atoms with Crippen LogP contribution in [0.25, 0.3) is 6.08 Å². The maximum absolute atomic E-state index is 13.5. The van der Waals surface area contributed by atoms with Gasteiger partial charge in [0, 0.05) is 11.7 Å². The number of hydrogen-bond donors (Lipinski definition) is 0. The lowest BCUT2D eigenvalue weighted by Crippen LogP contribution is -2.52. The molecular formula is C21H26O4S2. The van der Waals surface area contributed by atoms with Gasteiger partial charge in [-0.2, -0.15) is 0 Å². The second-order valence-electron chi connectivity index (χ2n) is 8.13. The number of benzene rings is 1. The van der Waals surface area contributed by atoms with Crippen molar-refractivity contribution >= 4 is 40.4 Å². The molecule has 3 aliphatic rings. The van der Waals surface area contributed by atoms with Gasteiger partial charge in [-0.05, 0) is 28.5 Å². The molecule has 2 saturated heterocycles. The van der Waals surface area contributed by atoms with E-state index in [0.29, 0.717) is 10.8 Å². The van der Waals surface area contributed by atoms with Crippen LogP contribution in [0.5, 0.6) is 0 Å². The summed E-state index contributed by atoms with van der Waals surface area (Å²) < 4.78 is 11.9. The maximum atomic E-state index is 13.5. The number of rotatable bonds is 3. The van der Waals surface area contributed by atoms with Gasteiger partial charge < -0.3 is 8.37 Å². The average molecular weight is 407 g/mol. The summed E-state index contributed by atoms with van der Waals surface area (Å²) in [6.07, 6.45) is 2.03. The highest BCUT2D eigenvalue weighted by molar-refractivity contribution is 8.36. The zero-order valence-electron chi connectivity index (χ0n) is 16.2. The molecule has 1 aromatic rings. The van der Waals surface area contributed by atoms with Crippen molar-refractivity contribution < 1.29 is 18.0 Å².